The quantitative estimate of drug-likeness (QED) is 0.683. The first-order chi connectivity index (χ1) is 8.40. The lowest BCUT2D eigenvalue weighted by Crippen LogP contribution is -2.75. The van der Waals surface area contributed by atoms with E-state index in [-0.39, 0.29) is 17.4 Å². The fourth-order valence-corrected chi connectivity index (χ4v) is 2.56. The summed E-state index contributed by atoms with van der Waals surface area (Å²) in [6.45, 7) is 9.54. The Morgan fingerprint density at radius 3 is 2.56 bits per heavy atom. The van der Waals surface area contributed by atoms with Crippen LogP contribution >= 0.6 is 0 Å². The smallest absolute Gasteiger partial charge is 0.240 e. The number of hydrogen-bond donors (Lipinski definition) is 2. The Balaban J connectivity index is 2.48. The second kappa shape index (κ2) is 6.02. The van der Waals surface area contributed by atoms with Gasteiger partial charge in [0.1, 0.15) is 5.54 Å². The maximum atomic E-state index is 12.2. The van der Waals surface area contributed by atoms with Crippen molar-refractivity contribution >= 4 is 5.91 Å². The fraction of sp³-hybridized carbons (Fsp3) is 0.929. The van der Waals surface area contributed by atoms with Crippen molar-refractivity contribution in [1.29, 1.82) is 0 Å². The number of rotatable bonds is 7. The summed E-state index contributed by atoms with van der Waals surface area (Å²) in [5.41, 5.74) is 5.19. The molecule has 0 radical (unpaired) electrons. The van der Waals surface area contributed by atoms with Crippen LogP contribution in [0.2, 0.25) is 0 Å². The molecule has 106 valence electrons. The van der Waals surface area contributed by atoms with E-state index in [0.29, 0.717) is 13.0 Å². The number of carbonyl (C=O) groups excluding carboxylic acids is 1. The molecule has 0 aromatic rings. The molecule has 1 aliphatic rings. The van der Waals surface area contributed by atoms with Crippen molar-refractivity contribution in [3.8, 4) is 0 Å². The molecule has 1 rings (SSSR count). The average Bonchev–Trinajstić information content (AvgIpc) is 2.33. The van der Waals surface area contributed by atoms with Crippen LogP contribution in [0.5, 0.6) is 0 Å². The number of nitrogens with two attached hydrogens (primary N) is 1. The van der Waals surface area contributed by atoms with Gasteiger partial charge < -0.3 is 15.8 Å². The van der Waals surface area contributed by atoms with Crippen LogP contribution in [0.15, 0.2) is 0 Å². The van der Waals surface area contributed by atoms with E-state index in [1.54, 1.807) is 0 Å². The molecule has 4 heteroatoms. The van der Waals surface area contributed by atoms with Crippen LogP contribution in [0.25, 0.3) is 0 Å². The van der Waals surface area contributed by atoms with Crippen molar-refractivity contribution in [3.05, 3.63) is 0 Å². The van der Waals surface area contributed by atoms with Crippen LogP contribution in [0.4, 0.5) is 0 Å². The minimum absolute atomic E-state index is 0.0282. The van der Waals surface area contributed by atoms with Gasteiger partial charge in [0.2, 0.25) is 5.91 Å². The summed E-state index contributed by atoms with van der Waals surface area (Å²) in [7, 11) is 0. The highest BCUT2D eigenvalue weighted by atomic mass is 16.5. The van der Waals surface area contributed by atoms with Gasteiger partial charge in [-0.3, -0.25) is 4.79 Å². The largest absolute Gasteiger partial charge is 0.378 e. The lowest BCUT2D eigenvalue weighted by atomic mass is 9.54. The van der Waals surface area contributed by atoms with Crippen molar-refractivity contribution in [2.24, 2.45) is 11.1 Å². The van der Waals surface area contributed by atoms with Crippen LogP contribution in [0.1, 0.15) is 53.4 Å². The van der Waals surface area contributed by atoms with Gasteiger partial charge in [-0.15, -0.1) is 0 Å². The zero-order valence-electron chi connectivity index (χ0n) is 12.2. The summed E-state index contributed by atoms with van der Waals surface area (Å²) in [4.78, 5) is 12.2. The van der Waals surface area contributed by atoms with E-state index < -0.39 is 5.54 Å². The molecule has 0 bridgehead atoms. The summed E-state index contributed by atoms with van der Waals surface area (Å²) in [5.74, 6) is -0.0282. The molecular weight excluding hydrogens is 228 g/mol. The molecule has 2 atom stereocenters. The van der Waals surface area contributed by atoms with Gasteiger partial charge in [0.05, 0.1) is 6.10 Å². The molecule has 0 spiro atoms. The molecule has 0 aliphatic heterocycles. The first-order valence-corrected chi connectivity index (χ1v) is 7.09. The monoisotopic (exact) mass is 256 g/mol. The topological polar surface area (TPSA) is 64.4 Å². The number of ether oxygens (including phenoxy) is 1. The zero-order valence-corrected chi connectivity index (χ0v) is 12.2. The van der Waals surface area contributed by atoms with Crippen LogP contribution in [-0.2, 0) is 9.53 Å². The molecule has 18 heavy (non-hydrogen) atoms. The molecule has 0 saturated heterocycles. The van der Waals surface area contributed by atoms with Crippen molar-refractivity contribution in [3.63, 3.8) is 0 Å². The average molecular weight is 256 g/mol. The molecular formula is C14H28N2O2. The van der Waals surface area contributed by atoms with Crippen LogP contribution in [-0.4, -0.2) is 30.7 Å². The highest BCUT2D eigenvalue weighted by Crippen LogP contribution is 2.49. The number of nitrogens with one attached hydrogen (secondary N) is 1. The third-order valence-corrected chi connectivity index (χ3v) is 4.30. The Morgan fingerprint density at radius 1 is 1.39 bits per heavy atom. The lowest BCUT2D eigenvalue weighted by Gasteiger charge is -2.57. The summed E-state index contributed by atoms with van der Waals surface area (Å²) in [6, 6.07) is 0. The van der Waals surface area contributed by atoms with E-state index in [2.05, 4.69) is 12.2 Å². The number of hydrogen-bond acceptors (Lipinski definition) is 3. The van der Waals surface area contributed by atoms with Crippen molar-refractivity contribution < 1.29 is 9.53 Å². The summed E-state index contributed by atoms with van der Waals surface area (Å²) < 4.78 is 5.62. The molecule has 0 heterocycles. The van der Waals surface area contributed by atoms with Crippen LogP contribution < -0.4 is 11.1 Å². The SMILES string of the molecule is CCCCCNC(=O)C1(N)CC(OCC)C1(C)C. The maximum absolute atomic E-state index is 12.2. The first kappa shape index (κ1) is 15.4. The Hall–Kier alpha value is -0.610. The number of amides is 1. The Bertz CT molecular complexity index is 292. The van der Waals surface area contributed by atoms with E-state index in [1.807, 2.05) is 20.8 Å². The third kappa shape index (κ3) is 2.69. The van der Waals surface area contributed by atoms with Crippen molar-refractivity contribution in [2.75, 3.05) is 13.2 Å². The predicted octanol–water partition coefficient (Wildman–Crippen LogP) is 1.83. The second-order valence-corrected chi connectivity index (χ2v) is 5.80. The summed E-state index contributed by atoms with van der Waals surface area (Å²) >= 11 is 0. The third-order valence-electron chi connectivity index (χ3n) is 4.30. The minimum Gasteiger partial charge on any atom is -0.378 e. The highest BCUT2D eigenvalue weighted by Gasteiger charge is 2.62. The molecule has 0 aromatic heterocycles. The molecule has 0 aromatic carbocycles. The predicted molar refractivity (Wildman–Crippen MR) is 73.3 cm³/mol. The van der Waals surface area contributed by atoms with Gasteiger partial charge in [-0.2, -0.15) is 0 Å². The maximum Gasteiger partial charge on any atom is 0.240 e. The Kier molecular flexibility index (Phi) is 5.17. The Labute approximate surface area is 111 Å². The van der Waals surface area contributed by atoms with E-state index in [0.717, 1.165) is 25.8 Å². The number of carbonyl (C=O) groups is 1. The second-order valence-electron chi connectivity index (χ2n) is 5.80. The molecule has 1 saturated carbocycles. The van der Waals surface area contributed by atoms with Gasteiger partial charge in [0.15, 0.2) is 0 Å². The van der Waals surface area contributed by atoms with Crippen molar-refractivity contribution in [2.45, 2.75) is 65.0 Å². The number of unbranched alkanes of at least 4 members (excludes halogenated alkanes) is 2. The van der Waals surface area contributed by atoms with Gasteiger partial charge in [0.25, 0.3) is 0 Å². The first-order valence-electron chi connectivity index (χ1n) is 7.09. The molecule has 1 amide bonds. The normalized spacial score (nSPS) is 29.7. The van der Waals surface area contributed by atoms with Crippen LogP contribution in [0.3, 0.4) is 0 Å². The van der Waals surface area contributed by atoms with Crippen molar-refractivity contribution in [1.82, 2.24) is 5.32 Å². The standard InChI is InChI=1S/C14H28N2O2/c1-5-7-8-9-16-12(17)14(15)10-11(18-6-2)13(14,3)4/h11H,5-10,15H2,1-4H3,(H,16,17). The molecule has 1 aliphatic carbocycles. The van der Waals surface area contributed by atoms with Gasteiger partial charge in [-0.25, -0.2) is 0 Å². The fourth-order valence-electron chi connectivity index (χ4n) is 2.56. The van der Waals surface area contributed by atoms with E-state index in [9.17, 15) is 4.79 Å². The Morgan fingerprint density at radius 2 is 2.06 bits per heavy atom. The molecule has 3 N–H and O–H groups in total. The van der Waals surface area contributed by atoms with Gasteiger partial charge in [-0.05, 0) is 13.3 Å². The molecule has 2 unspecified atom stereocenters. The highest BCUT2D eigenvalue weighted by molar-refractivity contribution is 5.88. The minimum atomic E-state index is -0.779. The van der Waals surface area contributed by atoms with E-state index in [4.69, 9.17) is 10.5 Å². The van der Waals surface area contributed by atoms with Crippen LogP contribution in [0, 0.1) is 5.41 Å². The van der Waals surface area contributed by atoms with E-state index >= 15 is 0 Å². The lowest BCUT2D eigenvalue weighted by molar-refractivity contribution is -0.170. The van der Waals surface area contributed by atoms with Gasteiger partial charge in [-0.1, -0.05) is 33.6 Å². The summed E-state index contributed by atoms with van der Waals surface area (Å²) in [5, 5.41) is 2.96. The van der Waals surface area contributed by atoms with Gasteiger partial charge in [0, 0.05) is 25.0 Å². The molecule has 4 nitrogen and oxygen atoms in total. The zero-order chi connectivity index (χ0) is 13.8. The van der Waals surface area contributed by atoms with Gasteiger partial charge >= 0.3 is 0 Å². The van der Waals surface area contributed by atoms with E-state index in [1.165, 1.54) is 0 Å². The molecule has 1 fully saturated rings. The summed E-state index contributed by atoms with van der Waals surface area (Å²) in [6.07, 6.45) is 4.03.